The standard InChI is InChI=1S/C16H12ClFO3/c1-10-5-6-11(7-8-15(19)20)9-14(10)21-13-4-2-3-12(17)16(13)18/h2-9H,1H3,(H,19,20)/b8-7+. The number of carboxylic acids is 1. The topological polar surface area (TPSA) is 46.5 Å². The molecule has 0 aliphatic carbocycles. The smallest absolute Gasteiger partial charge is 0.328 e. The van der Waals surface area contributed by atoms with Gasteiger partial charge in [0, 0.05) is 6.08 Å². The highest BCUT2D eigenvalue weighted by Gasteiger charge is 2.10. The van der Waals surface area contributed by atoms with E-state index in [1.165, 1.54) is 18.2 Å². The number of aryl methyl sites for hydroxylation is 1. The molecular weight excluding hydrogens is 295 g/mol. The van der Waals surface area contributed by atoms with Crippen LogP contribution in [-0.4, -0.2) is 11.1 Å². The van der Waals surface area contributed by atoms with Crippen LogP contribution in [0.3, 0.4) is 0 Å². The Kier molecular flexibility index (Phi) is 4.60. The first-order chi connectivity index (χ1) is 9.97. The maximum Gasteiger partial charge on any atom is 0.328 e. The first kappa shape index (κ1) is 15.1. The van der Waals surface area contributed by atoms with Crippen LogP contribution < -0.4 is 4.74 Å². The molecule has 5 heteroatoms. The highest BCUT2D eigenvalue weighted by molar-refractivity contribution is 6.30. The Morgan fingerprint density at radius 3 is 2.76 bits per heavy atom. The molecular formula is C16H12ClFO3. The number of hydrogen-bond acceptors (Lipinski definition) is 2. The number of carboxylic acid groups (broad SMARTS) is 1. The van der Waals surface area contributed by atoms with E-state index in [4.69, 9.17) is 21.4 Å². The van der Waals surface area contributed by atoms with E-state index in [2.05, 4.69) is 0 Å². The Labute approximate surface area is 126 Å². The van der Waals surface area contributed by atoms with Crippen LogP contribution in [0.2, 0.25) is 5.02 Å². The van der Waals surface area contributed by atoms with Crippen LogP contribution in [0.4, 0.5) is 4.39 Å². The minimum absolute atomic E-state index is 0.0185. The van der Waals surface area contributed by atoms with E-state index in [1.807, 2.05) is 6.92 Å². The molecule has 108 valence electrons. The van der Waals surface area contributed by atoms with Gasteiger partial charge in [0.05, 0.1) is 5.02 Å². The molecule has 1 N–H and O–H groups in total. The fourth-order valence-electron chi connectivity index (χ4n) is 1.68. The SMILES string of the molecule is Cc1ccc(/C=C/C(=O)O)cc1Oc1cccc(Cl)c1F. The summed E-state index contributed by atoms with van der Waals surface area (Å²) in [5.41, 5.74) is 1.43. The van der Waals surface area contributed by atoms with Gasteiger partial charge in [0.15, 0.2) is 11.6 Å². The molecule has 0 radical (unpaired) electrons. The molecule has 0 amide bonds. The molecule has 0 aromatic heterocycles. The van der Waals surface area contributed by atoms with E-state index in [-0.39, 0.29) is 10.8 Å². The Morgan fingerprint density at radius 1 is 1.29 bits per heavy atom. The van der Waals surface area contributed by atoms with Crippen molar-refractivity contribution in [2.24, 2.45) is 0 Å². The second-order valence-electron chi connectivity index (χ2n) is 4.35. The molecule has 0 aliphatic heterocycles. The third-order valence-electron chi connectivity index (χ3n) is 2.77. The highest BCUT2D eigenvalue weighted by atomic mass is 35.5. The van der Waals surface area contributed by atoms with Crippen LogP contribution in [0.1, 0.15) is 11.1 Å². The van der Waals surface area contributed by atoms with Gasteiger partial charge in [-0.3, -0.25) is 0 Å². The van der Waals surface area contributed by atoms with Crippen LogP contribution in [0.15, 0.2) is 42.5 Å². The molecule has 2 rings (SSSR count). The minimum atomic E-state index is -1.04. The summed E-state index contributed by atoms with van der Waals surface area (Å²) >= 11 is 5.70. The molecule has 0 fully saturated rings. The van der Waals surface area contributed by atoms with Crippen LogP contribution in [-0.2, 0) is 4.79 Å². The third kappa shape index (κ3) is 3.83. The molecule has 0 saturated carbocycles. The van der Waals surface area contributed by atoms with Gasteiger partial charge >= 0.3 is 5.97 Å². The normalized spacial score (nSPS) is 10.8. The average molecular weight is 307 g/mol. The number of rotatable bonds is 4. The molecule has 0 spiro atoms. The first-order valence-electron chi connectivity index (χ1n) is 6.11. The lowest BCUT2D eigenvalue weighted by molar-refractivity contribution is -0.131. The zero-order valence-corrected chi connectivity index (χ0v) is 11.9. The summed E-state index contributed by atoms with van der Waals surface area (Å²) in [6.07, 6.45) is 2.46. The van der Waals surface area contributed by atoms with Crippen molar-refractivity contribution in [1.29, 1.82) is 0 Å². The van der Waals surface area contributed by atoms with Gasteiger partial charge in [-0.15, -0.1) is 0 Å². The largest absolute Gasteiger partial charge is 0.478 e. The fourth-order valence-corrected chi connectivity index (χ4v) is 1.84. The monoisotopic (exact) mass is 306 g/mol. The van der Waals surface area contributed by atoms with Gasteiger partial charge in [0.1, 0.15) is 5.75 Å². The molecule has 0 unspecified atom stereocenters. The molecule has 2 aromatic carbocycles. The van der Waals surface area contributed by atoms with Gasteiger partial charge in [-0.1, -0.05) is 29.8 Å². The van der Waals surface area contributed by atoms with E-state index in [9.17, 15) is 9.18 Å². The van der Waals surface area contributed by atoms with Gasteiger partial charge in [-0.2, -0.15) is 0 Å². The summed E-state index contributed by atoms with van der Waals surface area (Å²) in [6, 6.07) is 9.64. The molecule has 21 heavy (non-hydrogen) atoms. The van der Waals surface area contributed by atoms with Crippen LogP contribution >= 0.6 is 11.6 Å². The fraction of sp³-hybridized carbons (Fsp3) is 0.0625. The average Bonchev–Trinajstić information content (AvgIpc) is 2.44. The summed E-state index contributed by atoms with van der Waals surface area (Å²) in [7, 11) is 0. The van der Waals surface area contributed by atoms with E-state index in [0.29, 0.717) is 11.3 Å². The Morgan fingerprint density at radius 2 is 2.05 bits per heavy atom. The molecule has 0 saturated heterocycles. The number of carbonyl (C=O) groups is 1. The van der Waals surface area contributed by atoms with Crippen molar-refractivity contribution >= 4 is 23.6 Å². The quantitative estimate of drug-likeness (QED) is 0.834. The second-order valence-corrected chi connectivity index (χ2v) is 4.76. The van der Waals surface area contributed by atoms with Crippen molar-refractivity contribution in [1.82, 2.24) is 0 Å². The van der Waals surface area contributed by atoms with Gasteiger partial charge in [0.25, 0.3) is 0 Å². The summed E-state index contributed by atoms with van der Waals surface area (Å²) < 4.78 is 19.4. The molecule has 0 atom stereocenters. The van der Waals surface area contributed by atoms with E-state index >= 15 is 0 Å². The van der Waals surface area contributed by atoms with Crippen molar-refractivity contribution in [2.45, 2.75) is 6.92 Å². The number of ether oxygens (including phenoxy) is 1. The zero-order chi connectivity index (χ0) is 15.4. The molecule has 0 aliphatic rings. The molecule has 0 heterocycles. The predicted octanol–water partition coefficient (Wildman–Crippen LogP) is 4.68. The van der Waals surface area contributed by atoms with Crippen molar-refractivity contribution in [3.05, 3.63) is 64.4 Å². The first-order valence-corrected chi connectivity index (χ1v) is 6.48. The van der Waals surface area contributed by atoms with Crippen LogP contribution in [0.5, 0.6) is 11.5 Å². The third-order valence-corrected chi connectivity index (χ3v) is 3.06. The number of hydrogen-bond donors (Lipinski definition) is 1. The highest BCUT2D eigenvalue weighted by Crippen LogP contribution is 2.31. The van der Waals surface area contributed by atoms with Gasteiger partial charge in [0.2, 0.25) is 0 Å². The number of benzene rings is 2. The summed E-state index contributed by atoms with van der Waals surface area (Å²) in [4.78, 5) is 10.5. The lowest BCUT2D eigenvalue weighted by atomic mass is 10.1. The summed E-state index contributed by atoms with van der Waals surface area (Å²) in [5, 5.41) is 8.60. The lowest BCUT2D eigenvalue weighted by Gasteiger charge is -2.10. The maximum absolute atomic E-state index is 13.8. The Balaban J connectivity index is 2.33. The van der Waals surface area contributed by atoms with E-state index in [0.717, 1.165) is 11.6 Å². The molecule has 3 nitrogen and oxygen atoms in total. The van der Waals surface area contributed by atoms with Crippen LogP contribution in [0, 0.1) is 12.7 Å². The van der Waals surface area contributed by atoms with Gasteiger partial charge in [-0.05, 0) is 42.3 Å². The van der Waals surface area contributed by atoms with Crippen molar-refractivity contribution < 1.29 is 19.0 Å². The van der Waals surface area contributed by atoms with Crippen LogP contribution in [0.25, 0.3) is 6.08 Å². The Bertz CT molecular complexity index is 711. The van der Waals surface area contributed by atoms with Crippen molar-refractivity contribution in [3.63, 3.8) is 0 Å². The lowest BCUT2D eigenvalue weighted by Crippen LogP contribution is -1.92. The maximum atomic E-state index is 13.8. The van der Waals surface area contributed by atoms with Crippen molar-refractivity contribution in [2.75, 3.05) is 0 Å². The summed E-state index contributed by atoms with van der Waals surface area (Å²) in [6.45, 7) is 1.81. The number of halogens is 2. The van der Waals surface area contributed by atoms with Gasteiger partial charge in [-0.25, -0.2) is 9.18 Å². The van der Waals surface area contributed by atoms with Gasteiger partial charge < -0.3 is 9.84 Å². The van der Waals surface area contributed by atoms with Crippen molar-refractivity contribution in [3.8, 4) is 11.5 Å². The predicted molar refractivity (Wildman–Crippen MR) is 79.3 cm³/mol. The molecule has 2 aromatic rings. The zero-order valence-electron chi connectivity index (χ0n) is 11.1. The van der Waals surface area contributed by atoms with E-state index < -0.39 is 11.8 Å². The molecule has 0 bridgehead atoms. The van der Waals surface area contributed by atoms with E-state index in [1.54, 1.807) is 24.3 Å². The number of aliphatic carboxylic acids is 1. The second kappa shape index (κ2) is 6.41. The Hall–Kier alpha value is -2.33. The minimum Gasteiger partial charge on any atom is -0.478 e. The summed E-state index contributed by atoms with van der Waals surface area (Å²) in [5.74, 6) is -1.22.